The van der Waals surface area contributed by atoms with Gasteiger partial charge in [0.05, 0.1) is 5.56 Å². The van der Waals surface area contributed by atoms with Crippen LogP contribution in [0.5, 0.6) is 0 Å². The lowest BCUT2D eigenvalue weighted by Gasteiger charge is -2.13. The Hall–Kier alpha value is -3.09. The molecule has 7 heteroatoms. The Kier molecular flexibility index (Phi) is 5.73. The van der Waals surface area contributed by atoms with Crippen LogP contribution in [0.2, 0.25) is 0 Å². The smallest absolute Gasteiger partial charge is 0.339 e. The molecule has 1 N–H and O–H groups in total. The second-order valence-corrected chi connectivity index (χ2v) is 5.36. The molecule has 0 atom stereocenters. The van der Waals surface area contributed by atoms with Gasteiger partial charge in [-0.15, -0.1) is 0 Å². The maximum absolute atomic E-state index is 11.7. The number of pyridine rings is 1. The summed E-state index contributed by atoms with van der Waals surface area (Å²) in [5.74, 6) is -1.05. The minimum absolute atomic E-state index is 0.217. The van der Waals surface area contributed by atoms with Crippen molar-refractivity contribution in [3.63, 3.8) is 0 Å². The molecule has 1 amide bonds. The van der Waals surface area contributed by atoms with Gasteiger partial charge < -0.3 is 20.2 Å². The standard InChI is InChI=1S/C17H19N3O4/c1-19(2)15-5-3-13(4-6-15)11-18-16(21)12-24-17(22)14-7-9-20(23)10-8-14/h3-10H,11-12H2,1-2H3,(H,18,21). The average Bonchev–Trinajstić information content (AvgIpc) is 2.58. The molecule has 0 fully saturated rings. The Morgan fingerprint density at radius 2 is 1.75 bits per heavy atom. The number of carbonyl (C=O) groups excluding carboxylic acids is 2. The van der Waals surface area contributed by atoms with Gasteiger partial charge >= 0.3 is 5.97 Å². The van der Waals surface area contributed by atoms with Crippen molar-refractivity contribution in [2.75, 3.05) is 25.6 Å². The van der Waals surface area contributed by atoms with Crippen molar-refractivity contribution in [1.29, 1.82) is 0 Å². The molecule has 0 aliphatic carbocycles. The predicted octanol–water partition coefficient (Wildman–Crippen LogP) is 0.859. The van der Waals surface area contributed by atoms with Gasteiger partial charge in [0.1, 0.15) is 0 Å². The van der Waals surface area contributed by atoms with Crippen LogP contribution in [0.3, 0.4) is 0 Å². The average molecular weight is 329 g/mol. The van der Waals surface area contributed by atoms with E-state index in [1.807, 2.05) is 43.3 Å². The van der Waals surface area contributed by atoms with Crippen LogP contribution in [0.4, 0.5) is 5.69 Å². The largest absolute Gasteiger partial charge is 0.619 e. The van der Waals surface area contributed by atoms with Gasteiger partial charge in [0.15, 0.2) is 19.0 Å². The van der Waals surface area contributed by atoms with E-state index in [1.54, 1.807) is 0 Å². The molecule has 0 saturated carbocycles. The molecule has 0 unspecified atom stereocenters. The van der Waals surface area contributed by atoms with Crippen molar-refractivity contribution in [1.82, 2.24) is 5.32 Å². The fourth-order valence-corrected chi connectivity index (χ4v) is 1.93. The van der Waals surface area contributed by atoms with Crippen LogP contribution < -0.4 is 14.9 Å². The fraction of sp³-hybridized carbons (Fsp3) is 0.235. The number of nitrogens with zero attached hydrogens (tertiary/aromatic N) is 2. The molecule has 0 bridgehead atoms. The summed E-state index contributed by atoms with van der Waals surface area (Å²) in [7, 11) is 3.91. The molecule has 2 rings (SSSR count). The van der Waals surface area contributed by atoms with Gasteiger partial charge in [-0.05, 0) is 17.7 Å². The number of esters is 1. The summed E-state index contributed by atoms with van der Waals surface area (Å²) in [4.78, 5) is 25.4. The fourth-order valence-electron chi connectivity index (χ4n) is 1.93. The van der Waals surface area contributed by atoms with Gasteiger partial charge in [0.2, 0.25) is 0 Å². The molecule has 1 aromatic carbocycles. The normalized spacial score (nSPS) is 10.1. The van der Waals surface area contributed by atoms with Gasteiger partial charge in [0, 0.05) is 38.5 Å². The van der Waals surface area contributed by atoms with E-state index in [9.17, 15) is 14.8 Å². The summed E-state index contributed by atoms with van der Waals surface area (Å²) in [5.41, 5.74) is 2.23. The monoisotopic (exact) mass is 329 g/mol. The number of hydrogen-bond donors (Lipinski definition) is 1. The van der Waals surface area contributed by atoms with Crippen LogP contribution in [-0.4, -0.2) is 32.6 Å². The van der Waals surface area contributed by atoms with E-state index in [1.165, 1.54) is 24.5 Å². The van der Waals surface area contributed by atoms with Gasteiger partial charge in [-0.3, -0.25) is 4.79 Å². The molecule has 24 heavy (non-hydrogen) atoms. The third-order valence-electron chi connectivity index (χ3n) is 3.31. The molecule has 0 aliphatic rings. The lowest BCUT2D eigenvalue weighted by Crippen LogP contribution is -2.29. The third kappa shape index (κ3) is 4.98. The Balaban J connectivity index is 1.77. The third-order valence-corrected chi connectivity index (χ3v) is 3.31. The summed E-state index contributed by atoms with van der Waals surface area (Å²) >= 11 is 0. The van der Waals surface area contributed by atoms with Crippen LogP contribution in [0, 0.1) is 5.21 Å². The van der Waals surface area contributed by atoms with Crippen molar-refractivity contribution in [3.8, 4) is 0 Å². The molecule has 0 aliphatic heterocycles. The number of benzene rings is 1. The second kappa shape index (κ2) is 7.96. The van der Waals surface area contributed by atoms with Crippen molar-refractivity contribution in [2.24, 2.45) is 0 Å². The molecule has 0 saturated heterocycles. The van der Waals surface area contributed by atoms with Crippen molar-refractivity contribution >= 4 is 17.6 Å². The van der Waals surface area contributed by atoms with Crippen LogP contribution in [-0.2, 0) is 16.1 Å². The molecular weight excluding hydrogens is 310 g/mol. The number of nitrogens with one attached hydrogen (secondary N) is 1. The lowest BCUT2D eigenvalue weighted by atomic mass is 10.2. The van der Waals surface area contributed by atoms with E-state index in [4.69, 9.17) is 4.74 Å². The van der Waals surface area contributed by atoms with E-state index >= 15 is 0 Å². The van der Waals surface area contributed by atoms with Crippen LogP contribution in [0.1, 0.15) is 15.9 Å². The van der Waals surface area contributed by atoms with Gasteiger partial charge in [0.25, 0.3) is 5.91 Å². The SMILES string of the molecule is CN(C)c1ccc(CNC(=O)COC(=O)c2cc[n+]([O-])cc2)cc1. The molecule has 7 nitrogen and oxygen atoms in total. The molecular formula is C17H19N3O4. The first-order valence-corrected chi connectivity index (χ1v) is 7.34. The molecule has 1 heterocycles. The van der Waals surface area contributed by atoms with Crippen molar-refractivity contribution in [3.05, 3.63) is 65.1 Å². The Morgan fingerprint density at radius 3 is 2.33 bits per heavy atom. The van der Waals surface area contributed by atoms with Crippen LogP contribution in [0.25, 0.3) is 0 Å². The Labute approximate surface area is 140 Å². The number of ether oxygens (including phenoxy) is 1. The van der Waals surface area contributed by atoms with Gasteiger partial charge in [-0.2, -0.15) is 4.73 Å². The van der Waals surface area contributed by atoms with E-state index in [-0.39, 0.29) is 12.2 Å². The molecule has 2 aromatic rings. The summed E-state index contributed by atoms with van der Waals surface area (Å²) in [5, 5.41) is 13.6. The number of amides is 1. The minimum atomic E-state index is -0.652. The Bertz CT molecular complexity index is 697. The zero-order chi connectivity index (χ0) is 17.5. The van der Waals surface area contributed by atoms with Crippen molar-refractivity contribution < 1.29 is 19.1 Å². The number of hydrogen-bond acceptors (Lipinski definition) is 5. The minimum Gasteiger partial charge on any atom is -0.619 e. The van der Waals surface area contributed by atoms with Crippen LogP contribution in [0.15, 0.2) is 48.8 Å². The summed E-state index contributed by atoms with van der Waals surface area (Å²) in [6.45, 7) is -0.0213. The highest BCUT2D eigenvalue weighted by Crippen LogP contribution is 2.11. The Morgan fingerprint density at radius 1 is 1.12 bits per heavy atom. The topological polar surface area (TPSA) is 85.6 Å². The van der Waals surface area contributed by atoms with E-state index in [0.29, 0.717) is 11.3 Å². The molecule has 1 aromatic heterocycles. The van der Waals surface area contributed by atoms with E-state index in [2.05, 4.69) is 5.32 Å². The first-order valence-electron chi connectivity index (χ1n) is 7.34. The van der Waals surface area contributed by atoms with E-state index < -0.39 is 11.9 Å². The highest BCUT2D eigenvalue weighted by atomic mass is 16.5. The highest BCUT2D eigenvalue weighted by molar-refractivity contribution is 5.91. The molecule has 0 radical (unpaired) electrons. The molecule has 126 valence electrons. The van der Waals surface area contributed by atoms with Gasteiger partial charge in [-0.1, -0.05) is 12.1 Å². The van der Waals surface area contributed by atoms with Crippen molar-refractivity contribution in [2.45, 2.75) is 6.54 Å². The van der Waals surface area contributed by atoms with Gasteiger partial charge in [-0.25, -0.2) is 4.79 Å². The number of carbonyl (C=O) groups is 2. The quantitative estimate of drug-likeness (QED) is 0.483. The number of anilines is 1. The first kappa shape index (κ1) is 17.3. The second-order valence-electron chi connectivity index (χ2n) is 5.36. The maximum Gasteiger partial charge on any atom is 0.339 e. The number of rotatable bonds is 6. The summed E-state index contributed by atoms with van der Waals surface area (Å²) in [6, 6.07) is 10.4. The maximum atomic E-state index is 11.7. The number of aromatic nitrogens is 1. The predicted molar refractivity (Wildman–Crippen MR) is 88.3 cm³/mol. The lowest BCUT2D eigenvalue weighted by molar-refractivity contribution is -0.605. The highest BCUT2D eigenvalue weighted by Gasteiger charge is 2.11. The zero-order valence-electron chi connectivity index (χ0n) is 13.6. The summed E-state index contributed by atoms with van der Waals surface area (Å²) in [6.07, 6.45) is 2.38. The summed E-state index contributed by atoms with van der Waals surface area (Å²) < 4.78 is 5.46. The van der Waals surface area contributed by atoms with E-state index in [0.717, 1.165) is 11.3 Å². The molecule has 0 spiro atoms. The zero-order valence-corrected chi connectivity index (χ0v) is 13.6. The first-order chi connectivity index (χ1) is 11.5. The van der Waals surface area contributed by atoms with Crippen LogP contribution >= 0.6 is 0 Å².